The van der Waals surface area contributed by atoms with Crippen molar-refractivity contribution in [3.63, 3.8) is 0 Å². The predicted molar refractivity (Wildman–Crippen MR) is 76.4 cm³/mol. The minimum absolute atomic E-state index is 0.0773. The second-order valence-corrected chi connectivity index (χ2v) is 4.53. The molecule has 0 aliphatic heterocycles. The number of benzene rings is 2. The lowest BCUT2D eigenvalue weighted by Crippen LogP contribution is -2.04. The van der Waals surface area contributed by atoms with Crippen molar-refractivity contribution in [1.82, 2.24) is 0 Å². The Kier molecular flexibility index (Phi) is 5.11. The van der Waals surface area contributed by atoms with E-state index >= 15 is 0 Å². The molecular weight excluding hydrogens is 276 g/mol. The van der Waals surface area contributed by atoms with Crippen LogP contribution in [0.3, 0.4) is 0 Å². The van der Waals surface area contributed by atoms with Crippen molar-refractivity contribution in [3.8, 4) is 11.5 Å². The van der Waals surface area contributed by atoms with Crippen LogP contribution in [-0.4, -0.2) is 13.7 Å². The molecule has 0 aliphatic carbocycles. The van der Waals surface area contributed by atoms with Crippen LogP contribution in [0.2, 0.25) is 0 Å². The van der Waals surface area contributed by atoms with Gasteiger partial charge in [0.2, 0.25) is 0 Å². The van der Waals surface area contributed by atoms with Gasteiger partial charge >= 0.3 is 0 Å². The number of hydrogen-bond acceptors (Lipinski definition) is 3. The van der Waals surface area contributed by atoms with Crippen molar-refractivity contribution in [1.29, 1.82) is 0 Å². The normalized spacial score (nSPS) is 10.5. The van der Waals surface area contributed by atoms with E-state index in [1.54, 1.807) is 12.1 Å². The Balaban J connectivity index is 2.18. The Labute approximate surface area is 122 Å². The topological polar surface area (TPSA) is 44.5 Å². The van der Waals surface area contributed by atoms with Crippen LogP contribution in [0.1, 0.15) is 11.1 Å². The van der Waals surface area contributed by atoms with Crippen LogP contribution in [0.15, 0.2) is 36.4 Å². The number of halogens is 2. The molecule has 2 aromatic carbocycles. The Morgan fingerprint density at radius 2 is 1.90 bits per heavy atom. The molecule has 2 aromatic rings. The van der Waals surface area contributed by atoms with Gasteiger partial charge in [-0.05, 0) is 36.7 Å². The largest absolute Gasteiger partial charge is 0.493 e. The zero-order valence-corrected chi connectivity index (χ0v) is 11.7. The van der Waals surface area contributed by atoms with E-state index in [1.807, 2.05) is 6.07 Å². The highest BCUT2D eigenvalue weighted by atomic mass is 19.2. The first-order chi connectivity index (χ1) is 10.2. The van der Waals surface area contributed by atoms with Gasteiger partial charge < -0.3 is 15.2 Å². The SMILES string of the molecule is COc1ccc(CCN)cc1OCc1cccc(F)c1F. The minimum atomic E-state index is -0.894. The number of hydrogen-bond donors (Lipinski definition) is 1. The maximum absolute atomic E-state index is 13.6. The first-order valence-electron chi connectivity index (χ1n) is 6.58. The average molecular weight is 293 g/mol. The number of nitrogens with two attached hydrogens (primary N) is 1. The van der Waals surface area contributed by atoms with Crippen LogP contribution in [0.5, 0.6) is 11.5 Å². The van der Waals surface area contributed by atoms with E-state index in [2.05, 4.69) is 0 Å². The van der Waals surface area contributed by atoms with E-state index in [1.165, 1.54) is 19.2 Å². The van der Waals surface area contributed by atoms with Gasteiger partial charge in [0.15, 0.2) is 23.1 Å². The summed E-state index contributed by atoms with van der Waals surface area (Å²) in [6.07, 6.45) is 0.703. The van der Waals surface area contributed by atoms with Gasteiger partial charge in [-0.2, -0.15) is 0 Å². The quantitative estimate of drug-likeness (QED) is 0.890. The van der Waals surface area contributed by atoms with Crippen molar-refractivity contribution >= 4 is 0 Å². The molecule has 5 heteroatoms. The van der Waals surface area contributed by atoms with Crippen LogP contribution in [-0.2, 0) is 13.0 Å². The van der Waals surface area contributed by atoms with Crippen molar-refractivity contribution in [2.45, 2.75) is 13.0 Å². The average Bonchev–Trinajstić information content (AvgIpc) is 2.49. The van der Waals surface area contributed by atoms with Crippen molar-refractivity contribution in [2.24, 2.45) is 5.73 Å². The van der Waals surface area contributed by atoms with Crippen LogP contribution in [0.4, 0.5) is 8.78 Å². The summed E-state index contributed by atoms with van der Waals surface area (Å²) in [4.78, 5) is 0. The molecule has 0 saturated carbocycles. The molecule has 0 heterocycles. The van der Waals surface area contributed by atoms with Gasteiger partial charge in [-0.15, -0.1) is 0 Å². The zero-order chi connectivity index (χ0) is 15.2. The fourth-order valence-corrected chi connectivity index (χ4v) is 1.97. The lowest BCUT2D eigenvalue weighted by Gasteiger charge is -2.12. The van der Waals surface area contributed by atoms with E-state index in [0.29, 0.717) is 24.5 Å². The summed E-state index contributed by atoms with van der Waals surface area (Å²) in [6.45, 7) is 0.441. The van der Waals surface area contributed by atoms with Crippen LogP contribution < -0.4 is 15.2 Å². The molecule has 0 saturated heterocycles. The number of rotatable bonds is 6. The Morgan fingerprint density at radius 3 is 2.62 bits per heavy atom. The molecule has 0 bridgehead atoms. The monoisotopic (exact) mass is 293 g/mol. The van der Waals surface area contributed by atoms with E-state index in [4.69, 9.17) is 15.2 Å². The predicted octanol–water partition coefficient (Wildman–Crippen LogP) is 3.05. The molecule has 3 nitrogen and oxygen atoms in total. The smallest absolute Gasteiger partial charge is 0.165 e. The molecule has 0 amide bonds. The third-order valence-electron chi connectivity index (χ3n) is 3.08. The second kappa shape index (κ2) is 7.04. The molecule has 2 rings (SSSR count). The first-order valence-corrected chi connectivity index (χ1v) is 6.58. The highest BCUT2D eigenvalue weighted by molar-refractivity contribution is 5.43. The van der Waals surface area contributed by atoms with E-state index in [0.717, 1.165) is 11.6 Å². The molecule has 0 spiro atoms. The fourth-order valence-electron chi connectivity index (χ4n) is 1.97. The summed E-state index contributed by atoms with van der Waals surface area (Å²) in [6, 6.07) is 9.45. The molecule has 2 N–H and O–H groups in total. The third-order valence-corrected chi connectivity index (χ3v) is 3.08. The fraction of sp³-hybridized carbons (Fsp3) is 0.250. The molecular formula is C16H17F2NO2. The van der Waals surface area contributed by atoms with Gasteiger partial charge in [-0.25, -0.2) is 8.78 Å². The summed E-state index contributed by atoms with van der Waals surface area (Å²) in [5, 5.41) is 0. The number of methoxy groups -OCH3 is 1. The minimum Gasteiger partial charge on any atom is -0.493 e. The summed E-state index contributed by atoms with van der Waals surface area (Å²) < 4.78 is 37.5. The summed E-state index contributed by atoms with van der Waals surface area (Å²) in [5.74, 6) is -0.769. The highest BCUT2D eigenvalue weighted by Crippen LogP contribution is 2.29. The van der Waals surface area contributed by atoms with Crippen LogP contribution >= 0.6 is 0 Å². The summed E-state index contributed by atoms with van der Waals surface area (Å²) in [7, 11) is 1.52. The molecule has 112 valence electrons. The molecule has 0 fully saturated rings. The molecule has 0 aromatic heterocycles. The standard InChI is InChI=1S/C16H17F2NO2/c1-20-14-6-5-11(7-8-19)9-15(14)21-10-12-3-2-4-13(17)16(12)18/h2-6,9H,7-8,10,19H2,1H3. The first kappa shape index (κ1) is 15.3. The van der Waals surface area contributed by atoms with E-state index < -0.39 is 11.6 Å². The van der Waals surface area contributed by atoms with E-state index in [-0.39, 0.29) is 12.2 Å². The van der Waals surface area contributed by atoms with Crippen molar-refractivity contribution in [3.05, 3.63) is 59.2 Å². The van der Waals surface area contributed by atoms with Gasteiger partial charge in [0.1, 0.15) is 6.61 Å². The van der Waals surface area contributed by atoms with E-state index in [9.17, 15) is 8.78 Å². The Hall–Kier alpha value is -2.14. The van der Waals surface area contributed by atoms with Gasteiger partial charge in [0.25, 0.3) is 0 Å². The van der Waals surface area contributed by atoms with Gasteiger partial charge in [0.05, 0.1) is 7.11 Å². The maximum Gasteiger partial charge on any atom is 0.165 e. The summed E-state index contributed by atoms with van der Waals surface area (Å²) >= 11 is 0. The third kappa shape index (κ3) is 3.70. The molecule has 0 aliphatic rings. The molecule has 0 unspecified atom stereocenters. The Morgan fingerprint density at radius 1 is 1.10 bits per heavy atom. The van der Waals surface area contributed by atoms with Crippen LogP contribution in [0, 0.1) is 11.6 Å². The zero-order valence-electron chi connectivity index (χ0n) is 11.7. The summed E-state index contributed by atoms with van der Waals surface area (Å²) in [5.41, 5.74) is 6.67. The van der Waals surface area contributed by atoms with Gasteiger partial charge in [-0.1, -0.05) is 18.2 Å². The van der Waals surface area contributed by atoms with Gasteiger partial charge in [0, 0.05) is 5.56 Å². The lowest BCUT2D eigenvalue weighted by molar-refractivity contribution is 0.277. The van der Waals surface area contributed by atoms with Crippen molar-refractivity contribution < 1.29 is 18.3 Å². The maximum atomic E-state index is 13.6. The van der Waals surface area contributed by atoms with Gasteiger partial charge in [-0.3, -0.25) is 0 Å². The van der Waals surface area contributed by atoms with Crippen molar-refractivity contribution in [2.75, 3.05) is 13.7 Å². The molecule has 0 atom stereocenters. The molecule has 21 heavy (non-hydrogen) atoms. The Bertz CT molecular complexity index is 617. The molecule has 0 radical (unpaired) electrons. The lowest BCUT2D eigenvalue weighted by atomic mass is 10.1. The number of ether oxygens (including phenoxy) is 2. The highest BCUT2D eigenvalue weighted by Gasteiger charge is 2.10. The van der Waals surface area contributed by atoms with Crippen LogP contribution in [0.25, 0.3) is 0 Å². The second-order valence-electron chi connectivity index (χ2n) is 4.53.